The predicted molar refractivity (Wildman–Crippen MR) is 83.7 cm³/mol. The molecule has 2 rings (SSSR count). The van der Waals surface area contributed by atoms with Crippen LogP contribution in [0.2, 0.25) is 19.4 Å². The van der Waals surface area contributed by atoms with E-state index in [4.69, 9.17) is 0 Å². The molecule has 0 amide bonds. The zero-order valence-electron chi connectivity index (χ0n) is 12.6. The van der Waals surface area contributed by atoms with E-state index in [0.29, 0.717) is 19.4 Å². The molecule has 0 aromatic heterocycles. The van der Waals surface area contributed by atoms with Crippen molar-refractivity contribution < 1.29 is 0 Å². The van der Waals surface area contributed by atoms with Gasteiger partial charge < -0.3 is 9.62 Å². The van der Waals surface area contributed by atoms with Crippen LogP contribution in [0.15, 0.2) is 18.2 Å². The third-order valence-electron chi connectivity index (χ3n) is 4.75. The normalized spacial score (nSPS) is 21.7. The van der Waals surface area contributed by atoms with Crippen LogP contribution in [0.4, 0.5) is 5.69 Å². The van der Waals surface area contributed by atoms with Gasteiger partial charge in [0, 0.05) is 12.4 Å². The third-order valence-corrected chi connectivity index (χ3v) is 4.75. The van der Waals surface area contributed by atoms with Gasteiger partial charge in [0.15, 0.2) is 0 Å². The molecule has 1 unspecified atom stereocenters. The summed E-state index contributed by atoms with van der Waals surface area (Å²) in [6.07, 6.45) is 0. The fourth-order valence-electron chi connectivity index (χ4n) is 3.01. The fraction of sp³-hybridized carbons (Fsp3) is 0.571. The minimum Gasteiger partial charge on any atom is -0.404 e. The van der Waals surface area contributed by atoms with Gasteiger partial charge in [-0.05, 0) is 32.5 Å². The highest BCUT2D eigenvalue weighted by Gasteiger charge is 2.38. The van der Waals surface area contributed by atoms with E-state index in [1.54, 1.807) is 0 Å². The molecule has 1 aliphatic rings. The molecular formula is C14H24B2N2. The van der Waals surface area contributed by atoms with Gasteiger partial charge in [-0.3, -0.25) is 0 Å². The Labute approximate surface area is 113 Å². The maximum absolute atomic E-state index is 2.54. The zero-order valence-corrected chi connectivity index (χ0v) is 12.6. The second-order valence-electron chi connectivity index (χ2n) is 6.00. The second kappa shape index (κ2) is 5.00. The van der Waals surface area contributed by atoms with Gasteiger partial charge in [0.25, 0.3) is 0 Å². The van der Waals surface area contributed by atoms with Crippen molar-refractivity contribution >= 4 is 19.4 Å². The van der Waals surface area contributed by atoms with Crippen molar-refractivity contribution in [3.05, 3.63) is 29.3 Å². The average Bonchev–Trinajstić information content (AvgIpc) is 2.32. The lowest BCUT2D eigenvalue weighted by molar-refractivity contribution is 0.518. The molecule has 1 atom stereocenters. The van der Waals surface area contributed by atoms with Crippen molar-refractivity contribution in [1.29, 1.82) is 0 Å². The molecule has 1 aromatic rings. The molecule has 0 bridgehead atoms. The van der Waals surface area contributed by atoms with Crippen LogP contribution in [-0.4, -0.2) is 32.2 Å². The van der Waals surface area contributed by atoms with E-state index in [1.807, 2.05) is 0 Å². The zero-order chi connectivity index (χ0) is 13.4. The molecule has 0 saturated carbocycles. The van der Waals surface area contributed by atoms with Crippen molar-refractivity contribution in [3.8, 4) is 0 Å². The number of hydrogen-bond acceptors (Lipinski definition) is 2. The van der Waals surface area contributed by atoms with E-state index in [0.717, 1.165) is 6.67 Å². The van der Waals surface area contributed by atoms with E-state index in [-0.39, 0.29) is 0 Å². The van der Waals surface area contributed by atoms with Crippen LogP contribution in [0, 0.1) is 13.8 Å². The van der Waals surface area contributed by atoms with Gasteiger partial charge in [-0.25, -0.2) is 0 Å². The van der Waals surface area contributed by atoms with Gasteiger partial charge in [-0.1, -0.05) is 44.0 Å². The molecule has 0 radical (unpaired) electrons. The van der Waals surface area contributed by atoms with Crippen LogP contribution in [0.25, 0.3) is 0 Å². The number of hydrogen-bond donors (Lipinski definition) is 0. The summed E-state index contributed by atoms with van der Waals surface area (Å²) >= 11 is 0. The first-order valence-corrected chi connectivity index (χ1v) is 6.96. The first kappa shape index (κ1) is 13.5. The quantitative estimate of drug-likeness (QED) is 0.697. The van der Waals surface area contributed by atoms with E-state index in [2.05, 4.69) is 69.3 Å². The first-order valence-electron chi connectivity index (χ1n) is 6.96. The highest BCUT2D eigenvalue weighted by molar-refractivity contribution is 6.80. The Hall–Kier alpha value is -0.890. The minimum absolute atomic E-state index is 0.595. The Morgan fingerprint density at radius 1 is 1.17 bits per heavy atom. The van der Waals surface area contributed by atoms with Crippen LogP contribution in [0.3, 0.4) is 0 Å². The number of benzene rings is 1. The van der Waals surface area contributed by atoms with Gasteiger partial charge >= 0.3 is 0 Å². The molecule has 4 heteroatoms. The lowest BCUT2D eigenvalue weighted by Crippen LogP contribution is -2.59. The van der Waals surface area contributed by atoms with Gasteiger partial charge in [0.1, 0.15) is 0 Å². The highest BCUT2D eigenvalue weighted by Crippen LogP contribution is 2.31. The molecule has 0 aliphatic carbocycles. The Kier molecular flexibility index (Phi) is 3.76. The molecule has 18 heavy (non-hydrogen) atoms. The largest absolute Gasteiger partial charge is 0.404 e. The standard InChI is InChI=1S/C14H24B2N2/c1-11-7-8-14(12(2)9-11)18-10-17(6)15(4)13(3)16(18)5/h7-9,13H,10H2,1-6H3. The summed E-state index contributed by atoms with van der Waals surface area (Å²) in [5.74, 6) is 0. The van der Waals surface area contributed by atoms with Crippen LogP contribution in [0.1, 0.15) is 18.1 Å². The topological polar surface area (TPSA) is 6.48 Å². The van der Waals surface area contributed by atoms with Crippen LogP contribution >= 0.6 is 0 Å². The Balaban J connectivity index is 2.32. The van der Waals surface area contributed by atoms with Crippen LogP contribution < -0.4 is 4.81 Å². The van der Waals surface area contributed by atoms with Gasteiger partial charge in [0.05, 0.1) is 0 Å². The Bertz CT molecular complexity index is 436. The molecule has 96 valence electrons. The number of anilines is 1. The lowest BCUT2D eigenvalue weighted by Gasteiger charge is -2.46. The molecule has 0 spiro atoms. The lowest BCUT2D eigenvalue weighted by atomic mass is 9.31. The van der Waals surface area contributed by atoms with E-state index in [1.165, 1.54) is 16.8 Å². The summed E-state index contributed by atoms with van der Waals surface area (Å²) < 4.78 is 0. The van der Waals surface area contributed by atoms with Crippen molar-refractivity contribution in [2.75, 3.05) is 18.5 Å². The van der Waals surface area contributed by atoms with E-state index < -0.39 is 0 Å². The molecule has 0 N–H and O–H groups in total. The summed E-state index contributed by atoms with van der Waals surface area (Å²) in [7, 11) is 2.23. The summed E-state index contributed by atoms with van der Waals surface area (Å²) in [5.41, 5.74) is 4.80. The van der Waals surface area contributed by atoms with Crippen molar-refractivity contribution in [1.82, 2.24) is 4.81 Å². The SMILES string of the molecule is CB1C(C)B(C)N(c2ccc(C)cc2C)CN1C. The molecule has 2 nitrogen and oxygen atoms in total. The summed E-state index contributed by atoms with van der Waals surface area (Å²) in [5, 5.41) is 0. The smallest absolute Gasteiger partial charge is 0.249 e. The molecule has 1 aromatic carbocycles. The summed E-state index contributed by atoms with van der Waals surface area (Å²) in [6, 6.07) is 6.78. The molecule has 1 fully saturated rings. The third kappa shape index (κ3) is 2.31. The monoisotopic (exact) mass is 242 g/mol. The number of rotatable bonds is 1. The predicted octanol–water partition coefficient (Wildman–Crippen LogP) is 3.18. The fourth-order valence-corrected chi connectivity index (χ4v) is 3.01. The average molecular weight is 242 g/mol. The maximum Gasteiger partial charge on any atom is 0.249 e. The Morgan fingerprint density at radius 2 is 1.83 bits per heavy atom. The van der Waals surface area contributed by atoms with Crippen molar-refractivity contribution in [3.63, 3.8) is 0 Å². The first-order chi connectivity index (χ1) is 8.41. The molecule has 1 saturated heterocycles. The Morgan fingerprint density at radius 3 is 2.44 bits per heavy atom. The molecule has 1 heterocycles. The summed E-state index contributed by atoms with van der Waals surface area (Å²) in [6.45, 7) is 13.7. The number of nitrogens with zero attached hydrogens (tertiary/aromatic N) is 2. The van der Waals surface area contributed by atoms with E-state index in [9.17, 15) is 0 Å². The van der Waals surface area contributed by atoms with Crippen molar-refractivity contribution in [2.24, 2.45) is 0 Å². The summed E-state index contributed by atoms with van der Waals surface area (Å²) in [4.78, 5) is 4.99. The van der Waals surface area contributed by atoms with E-state index >= 15 is 0 Å². The van der Waals surface area contributed by atoms with Gasteiger partial charge in [-0.15, -0.1) is 0 Å². The molecular weight excluding hydrogens is 218 g/mol. The van der Waals surface area contributed by atoms with Gasteiger partial charge in [0.2, 0.25) is 13.7 Å². The molecule has 1 aliphatic heterocycles. The van der Waals surface area contributed by atoms with Gasteiger partial charge in [-0.2, -0.15) is 0 Å². The second-order valence-corrected chi connectivity index (χ2v) is 6.00. The highest BCUT2D eigenvalue weighted by atomic mass is 15.3. The van der Waals surface area contributed by atoms with Crippen LogP contribution in [-0.2, 0) is 0 Å². The van der Waals surface area contributed by atoms with Crippen LogP contribution in [0.5, 0.6) is 0 Å². The maximum atomic E-state index is 2.54. The minimum atomic E-state index is 0.595. The van der Waals surface area contributed by atoms with Crippen molar-refractivity contribution in [2.45, 2.75) is 40.1 Å². The number of aryl methyl sites for hydroxylation is 2.